The minimum absolute atomic E-state index is 0.309. The van der Waals surface area contributed by atoms with Crippen molar-refractivity contribution in [3.05, 3.63) is 6.33 Å². The first-order valence-electron chi connectivity index (χ1n) is 1.65. The highest BCUT2D eigenvalue weighted by atomic mass is 32.1. The van der Waals surface area contributed by atoms with Crippen molar-refractivity contribution in [2.24, 2.45) is 0 Å². The molecule has 0 bridgehead atoms. The Morgan fingerprint density at radius 1 is 1.86 bits per heavy atom. The van der Waals surface area contributed by atoms with E-state index in [4.69, 9.17) is 5.73 Å². The second kappa shape index (κ2) is 1.42. The van der Waals surface area contributed by atoms with Crippen LogP contribution in [0.3, 0.4) is 0 Å². The Hall–Kier alpha value is -0.710. The van der Waals surface area contributed by atoms with Crippen molar-refractivity contribution in [3.8, 4) is 0 Å². The van der Waals surface area contributed by atoms with Gasteiger partial charge in [-0.3, -0.25) is 0 Å². The quantitative estimate of drug-likeness (QED) is 0.451. The Balaban J connectivity index is 3.12. The third kappa shape index (κ3) is 0.663. The molecular weight excluding hydrogens is 112 g/mol. The van der Waals surface area contributed by atoms with Gasteiger partial charge in [0.1, 0.15) is 6.33 Å². The van der Waals surface area contributed by atoms with Crippen molar-refractivity contribution in [2.75, 3.05) is 5.73 Å². The van der Waals surface area contributed by atoms with Crippen LogP contribution < -0.4 is 5.73 Å². The number of anilines is 1. The van der Waals surface area contributed by atoms with E-state index in [1.807, 2.05) is 0 Å². The van der Waals surface area contributed by atoms with Crippen LogP contribution in [0.15, 0.2) is 6.33 Å². The summed E-state index contributed by atoms with van der Waals surface area (Å²) in [6, 6.07) is 0. The molecule has 0 amide bonds. The monoisotopic (exact) mass is 116 g/mol. The predicted molar refractivity (Wildman–Crippen MR) is 28.8 cm³/mol. The van der Waals surface area contributed by atoms with Gasteiger partial charge in [0.15, 0.2) is 0 Å². The van der Waals surface area contributed by atoms with E-state index in [1.165, 1.54) is 10.4 Å². The molecule has 5 heteroatoms. The van der Waals surface area contributed by atoms with Crippen LogP contribution in [0.2, 0.25) is 0 Å². The number of nitrogens with zero attached hydrogens (tertiary/aromatic N) is 3. The van der Waals surface area contributed by atoms with Crippen LogP contribution >= 0.6 is 12.8 Å². The lowest BCUT2D eigenvalue weighted by atomic mass is 11.1. The first-order chi connectivity index (χ1) is 3.30. The molecule has 0 fully saturated rings. The number of aromatic nitrogens is 3. The number of nitrogen functional groups attached to an aromatic ring is 1. The molecule has 0 saturated heterocycles. The molecule has 0 unspecified atom stereocenters. The minimum Gasteiger partial charge on any atom is -0.367 e. The highest BCUT2D eigenvalue weighted by molar-refractivity contribution is 7.78. The molecule has 0 aromatic carbocycles. The zero-order valence-electron chi connectivity index (χ0n) is 3.44. The minimum atomic E-state index is 0.309. The second-order valence-corrected chi connectivity index (χ2v) is 1.39. The third-order valence-corrected chi connectivity index (χ3v) is 0.864. The van der Waals surface area contributed by atoms with Gasteiger partial charge in [-0.05, 0) is 12.8 Å². The average Bonchev–Trinajstić information content (AvgIpc) is 1.91. The molecule has 0 aliphatic rings. The summed E-state index contributed by atoms with van der Waals surface area (Å²) in [5, 5.41) is 3.56. The van der Waals surface area contributed by atoms with Crippen molar-refractivity contribution in [3.63, 3.8) is 0 Å². The predicted octanol–water partition coefficient (Wildman–Crippen LogP) is -0.447. The van der Waals surface area contributed by atoms with Crippen LogP contribution in [0, 0.1) is 0 Å². The van der Waals surface area contributed by atoms with Gasteiger partial charge in [0, 0.05) is 0 Å². The summed E-state index contributed by atoms with van der Waals surface area (Å²) in [7, 11) is 0. The molecule has 1 aromatic heterocycles. The average molecular weight is 116 g/mol. The van der Waals surface area contributed by atoms with Crippen molar-refractivity contribution < 1.29 is 0 Å². The maximum Gasteiger partial charge on any atom is 0.229 e. The van der Waals surface area contributed by atoms with E-state index in [0.29, 0.717) is 5.95 Å². The first kappa shape index (κ1) is 4.45. The van der Waals surface area contributed by atoms with Crippen molar-refractivity contribution >= 4 is 18.8 Å². The zero-order chi connectivity index (χ0) is 5.28. The molecule has 4 nitrogen and oxygen atoms in total. The van der Waals surface area contributed by atoms with E-state index >= 15 is 0 Å². The van der Waals surface area contributed by atoms with Crippen LogP contribution in [-0.2, 0) is 0 Å². The number of nitrogens with two attached hydrogens (primary N) is 1. The van der Waals surface area contributed by atoms with Crippen LogP contribution in [0.25, 0.3) is 0 Å². The Labute approximate surface area is 45.9 Å². The summed E-state index contributed by atoms with van der Waals surface area (Å²) in [5.41, 5.74) is 5.15. The first-order valence-corrected chi connectivity index (χ1v) is 2.05. The van der Waals surface area contributed by atoms with E-state index in [9.17, 15) is 0 Å². The van der Waals surface area contributed by atoms with Gasteiger partial charge < -0.3 is 5.73 Å². The van der Waals surface area contributed by atoms with Gasteiger partial charge in [0.2, 0.25) is 5.95 Å². The van der Waals surface area contributed by atoms with E-state index < -0.39 is 0 Å². The van der Waals surface area contributed by atoms with Crippen LogP contribution in [0.1, 0.15) is 0 Å². The Morgan fingerprint density at radius 3 is 2.71 bits per heavy atom. The summed E-state index contributed by atoms with van der Waals surface area (Å²) in [5.74, 6) is 0.309. The number of rotatable bonds is 0. The van der Waals surface area contributed by atoms with Crippen molar-refractivity contribution in [2.45, 2.75) is 0 Å². The van der Waals surface area contributed by atoms with Crippen LogP contribution in [-0.4, -0.2) is 14.2 Å². The number of hydrogen-bond acceptors (Lipinski definition) is 4. The summed E-state index contributed by atoms with van der Waals surface area (Å²) in [6.07, 6.45) is 1.34. The molecule has 7 heavy (non-hydrogen) atoms. The van der Waals surface area contributed by atoms with E-state index in [-0.39, 0.29) is 0 Å². The standard InChI is InChI=1S/C2H4N4S/c3-2-4-1-5-6(2)7/h1,7H,(H2,3,4,5). The van der Waals surface area contributed by atoms with Gasteiger partial charge in [-0.1, -0.05) is 0 Å². The second-order valence-electron chi connectivity index (χ2n) is 1.01. The maximum atomic E-state index is 5.15. The number of hydrogen-bond donors (Lipinski definition) is 2. The van der Waals surface area contributed by atoms with Gasteiger partial charge in [-0.2, -0.15) is 9.07 Å². The van der Waals surface area contributed by atoms with Gasteiger partial charge in [-0.25, -0.2) is 0 Å². The van der Waals surface area contributed by atoms with Gasteiger partial charge in [-0.15, -0.1) is 5.10 Å². The molecular formula is C2H4N4S. The normalized spacial score (nSPS) is 9.29. The molecule has 0 spiro atoms. The number of thiol groups is 1. The largest absolute Gasteiger partial charge is 0.367 e. The molecule has 0 radical (unpaired) electrons. The SMILES string of the molecule is Nc1ncnn1S. The fourth-order valence-corrected chi connectivity index (χ4v) is 0.343. The topological polar surface area (TPSA) is 56.7 Å². The fourth-order valence-electron chi connectivity index (χ4n) is 0.245. The molecule has 38 valence electrons. The smallest absolute Gasteiger partial charge is 0.229 e. The summed E-state index contributed by atoms with van der Waals surface area (Å²) >= 11 is 3.77. The Bertz CT molecular complexity index is 142. The van der Waals surface area contributed by atoms with Crippen LogP contribution in [0.5, 0.6) is 0 Å². The van der Waals surface area contributed by atoms with E-state index in [2.05, 4.69) is 22.9 Å². The molecule has 1 heterocycles. The summed E-state index contributed by atoms with van der Waals surface area (Å²) in [4.78, 5) is 3.57. The highest BCUT2D eigenvalue weighted by Crippen LogP contribution is 1.92. The van der Waals surface area contributed by atoms with Gasteiger partial charge >= 0.3 is 0 Å². The van der Waals surface area contributed by atoms with Crippen molar-refractivity contribution in [1.29, 1.82) is 0 Å². The zero-order valence-corrected chi connectivity index (χ0v) is 4.34. The van der Waals surface area contributed by atoms with Gasteiger partial charge in [0.05, 0.1) is 0 Å². The third-order valence-electron chi connectivity index (χ3n) is 0.556. The van der Waals surface area contributed by atoms with E-state index in [0.717, 1.165) is 0 Å². The molecule has 0 saturated carbocycles. The highest BCUT2D eigenvalue weighted by Gasteiger charge is 1.87. The molecule has 1 aromatic rings. The molecule has 1 rings (SSSR count). The summed E-state index contributed by atoms with van der Waals surface area (Å²) in [6.45, 7) is 0. The lowest BCUT2D eigenvalue weighted by molar-refractivity contribution is 1.03. The molecule has 0 aliphatic carbocycles. The molecule has 2 N–H and O–H groups in total. The molecule has 0 aliphatic heterocycles. The lowest BCUT2D eigenvalue weighted by Gasteiger charge is -1.83. The summed E-state index contributed by atoms with van der Waals surface area (Å²) < 4.78 is 1.19. The Morgan fingerprint density at radius 2 is 2.57 bits per heavy atom. The lowest BCUT2D eigenvalue weighted by Crippen LogP contribution is -1.92. The maximum absolute atomic E-state index is 5.15. The van der Waals surface area contributed by atoms with Crippen molar-refractivity contribution in [1.82, 2.24) is 14.2 Å². The fraction of sp³-hybridized carbons (Fsp3) is 0. The van der Waals surface area contributed by atoms with Gasteiger partial charge in [0.25, 0.3) is 0 Å². The molecule has 0 atom stereocenters. The van der Waals surface area contributed by atoms with E-state index in [1.54, 1.807) is 0 Å². The Kier molecular flexibility index (Phi) is 0.900. The van der Waals surface area contributed by atoms with Crippen LogP contribution in [0.4, 0.5) is 5.95 Å².